The topological polar surface area (TPSA) is 85.6 Å². The van der Waals surface area contributed by atoms with Gasteiger partial charge in [-0.3, -0.25) is 9.69 Å². The summed E-state index contributed by atoms with van der Waals surface area (Å²) in [7, 11) is 1.86. The number of hydrogen-bond acceptors (Lipinski definition) is 7. The molecule has 0 saturated carbocycles. The van der Waals surface area contributed by atoms with Gasteiger partial charge >= 0.3 is 0 Å². The number of aryl methyl sites for hydroxylation is 1. The first-order valence-corrected chi connectivity index (χ1v) is 9.63. The third kappa shape index (κ3) is 5.72. The first-order chi connectivity index (χ1) is 12.7. The lowest BCUT2D eigenvalue weighted by Crippen LogP contribution is -2.37. The Morgan fingerprint density at radius 3 is 2.88 bits per heavy atom. The van der Waals surface area contributed by atoms with Gasteiger partial charge in [0.1, 0.15) is 0 Å². The van der Waals surface area contributed by atoms with Crippen molar-refractivity contribution in [3.63, 3.8) is 0 Å². The lowest BCUT2D eigenvalue weighted by atomic mass is 10.1. The maximum absolute atomic E-state index is 12.3. The van der Waals surface area contributed by atoms with Crippen LogP contribution in [0.15, 0.2) is 0 Å². The molecule has 1 aromatic rings. The van der Waals surface area contributed by atoms with Gasteiger partial charge in [-0.05, 0) is 36.1 Å². The van der Waals surface area contributed by atoms with Gasteiger partial charge in [0.25, 0.3) is 0 Å². The van der Waals surface area contributed by atoms with Gasteiger partial charge < -0.3 is 14.4 Å². The molecule has 2 aliphatic rings. The van der Waals surface area contributed by atoms with Crippen LogP contribution < -0.4 is 0 Å². The number of carbonyl (C=O) groups is 1. The van der Waals surface area contributed by atoms with E-state index < -0.39 is 0 Å². The fraction of sp³-hybridized carbons (Fsp3) is 0.882. The summed E-state index contributed by atoms with van der Waals surface area (Å²) < 4.78 is 12.9. The molecule has 146 valence electrons. The Morgan fingerprint density at radius 2 is 2.12 bits per heavy atom. The molecule has 0 radical (unpaired) electrons. The Hall–Kier alpha value is -1.58. The number of rotatable bonds is 8. The van der Waals surface area contributed by atoms with Gasteiger partial charge in [-0.25, -0.2) is 4.68 Å². The summed E-state index contributed by atoms with van der Waals surface area (Å²) in [5.74, 6) is 1.00. The van der Waals surface area contributed by atoms with Crippen LogP contribution in [0.1, 0.15) is 37.9 Å². The van der Waals surface area contributed by atoms with Crippen molar-refractivity contribution in [1.29, 1.82) is 0 Å². The number of tetrazole rings is 1. The van der Waals surface area contributed by atoms with Crippen LogP contribution in [0.2, 0.25) is 0 Å². The summed E-state index contributed by atoms with van der Waals surface area (Å²) in [4.78, 5) is 16.4. The monoisotopic (exact) mass is 366 g/mol. The minimum absolute atomic E-state index is 0.155. The van der Waals surface area contributed by atoms with Crippen molar-refractivity contribution in [3.05, 3.63) is 5.82 Å². The van der Waals surface area contributed by atoms with Gasteiger partial charge in [0.15, 0.2) is 5.82 Å². The van der Waals surface area contributed by atoms with Crippen molar-refractivity contribution in [2.75, 3.05) is 46.5 Å². The van der Waals surface area contributed by atoms with Gasteiger partial charge in [0.2, 0.25) is 5.91 Å². The van der Waals surface area contributed by atoms with E-state index in [1.807, 2.05) is 11.7 Å². The van der Waals surface area contributed by atoms with Crippen molar-refractivity contribution < 1.29 is 14.3 Å². The molecule has 3 rings (SSSR count). The first-order valence-electron chi connectivity index (χ1n) is 9.63. The molecule has 1 aromatic heterocycles. The van der Waals surface area contributed by atoms with Gasteiger partial charge in [-0.2, -0.15) is 0 Å². The molecule has 1 atom stereocenters. The van der Waals surface area contributed by atoms with Crippen LogP contribution in [-0.2, 0) is 27.4 Å². The van der Waals surface area contributed by atoms with Crippen LogP contribution in [0.3, 0.4) is 0 Å². The highest BCUT2D eigenvalue weighted by Gasteiger charge is 2.19. The molecule has 0 bridgehead atoms. The molecule has 1 amide bonds. The fourth-order valence-electron chi connectivity index (χ4n) is 3.40. The normalized spacial score (nSPS) is 21.7. The van der Waals surface area contributed by atoms with Gasteiger partial charge in [0.05, 0.1) is 25.9 Å². The number of nitrogens with zero attached hydrogens (tertiary/aromatic N) is 6. The molecule has 0 spiro atoms. The Morgan fingerprint density at radius 1 is 1.27 bits per heavy atom. The Kier molecular flexibility index (Phi) is 7.33. The highest BCUT2D eigenvalue weighted by Crippen LogP contribution is 2.14. The van der Waals surface area contributed by atoms with E-state index in [9.17, 15) is 4.79 Å². The van der Waals surface area contributed by atoms with E-state index in [1.165, 1.54) is 6.42 Å². The van der Waals surface area contributed by atoms with Crippen LogP contribution >= 0.6 is 0 Å². The van der Waals surface area contributed by atoms with Gasteiger partial charge in [-0.1, -0.05) is 0 Å². The maximum atomic E-state index is 12.3. The molecule has 0 unspecified atom stereocenters. The molecule has 0 N–H and O–H groups in total. The summed E-state index contributed by atoms with van der Waals surface area (Å²) in [6, 6.07) is 0. The molecule has 2 fully saturated rings. The first kappa shape index (κ1) is 19.2. The predicted molar refractivity (Wildman–Crippen MR) is 94.4 cm³/mol. The molecular formula is C17H30N6O3. The lowest BCUT2D eigenvalue weighted by molar-refractivity contribution is -0.132. The highest BCUT2D eigenvalue weighted by atomic mass is 16.5. The molecule has 9 nitrogen and oxygen atoms in total. The molecule has 0 aromatic carbocycles. The quantitative estimate of drug-likeness (QED) is 0.655. The van der Waals surface area contributed by atoms with E-state index in [2.05, 4.69) is 20.4 Å². The summed E-state index contributed by atoms with van der Waals surface area (Å²) in [5.41, 5.74) is 0. The van der Waals surface area contributed by atoms with E-state index in [-0.39, 0.29) is 12.0 Å². The van der Waals surface area contributed by atoms with E-state index in [0.29, 0.717) is 19.5 Å². The number of morpholine rings is 1. The zero-order valence-corrected chi connectivity index (χ0v) is 15.7. The SMILES string of the molecule is CN(C[C@H]1CCCCO1)C(=O)CCCn1nnnc1CN1CCOCC1. The Labute approximate surface area is 154 Å². The fourth-order valence-corrected chi connectivity index (χ4v) is 3.40. The summed E-state index contributed by atoms with van der Waals surface area (Å²) in [6.45, 7) is 6.21. The minimum atomic E-state index is 0.155. The van der Waals surface area contributed by atoms with Crippen LogP contribution in [0, 0.1) is 0 Å². The second-order valence-corrected chi connectivity index (χ2v) is 7.07. The number of ether oxygens (including phenoxy) is 2. The summed E-state index contributed by atoms with van der Waals surface area (Å²) >= 11 is 0. The molecule has 2 saturated heterocycles. The van der Waals surface area contributed by atoms with Gasteiger partial charge in [0, 0.05) is 46.3 Å². The average Bonchev–Trinajstić information content (AvgIpc) is 3.10. The molecule has 26 heavy (non-hydrogen) atoms. The summed E-state index contributed by atoms with van der Waals surface area (Å²) in [6.07, 6.45) is 4.80. The number of likely N-dealkylation sites (N-methyl/N-ethyl adjacent to an activating group) is 1. The van der Waals surface area contributed by atoms with Crippen molar-refractivity contribution in [1.82, 2.24) is 30.0 Å². The second kappa shape index (κ2) is 9.94. The standard InChI is InChI=1S/C17H30N6O3/c1-21(13-15-5-2-3-10-26-15)17(24)6-4-7-23-16(18-19-20-23)14-22-8-11-25-12-9-22/h15H,2-14H2,1H3/t15-/m1/s1. The molecule has 3 heterocycles. The van der Waals surface area contributed by atoms with Crippen molar-refractivity contribution in [2.24, 2.45) is 0 Å². The lowest BCUT2D eigenvalue weighted by Gasteiger charge is -2.27. The smallest absolute Gasteiger partial charge is 0.222 e. The highest BCUT2D eigenvalue weighted by molar-refractivity contribution is 5.75. The van der Waals surface area contributed by atoms with Crippen LogP contribution in [-0.4, -0.2) is 88.5 Å². The molecule has 2 aliphatic heterocycles. The molecular weight excluding hydrogens is 336 g/mol. The second-order valence-electron chi connectivity index (χ2n) is 7.07. The van der Waals surface area contributed by atoms with Crippen LogP contribution in [0.4, 0.5) is 0 Å². The van der Waals surface area contributed by atoms with E-state index in [0.717, 1.165) is 64.5 Å². The van der Waals surface area contributed by atoms with E-state index in [4.69, 9.17) is 9.47 Å². The number of amides is 1. The zero-order valence-electron chi connectivity index (χ0n) is 15.7. The number of aromatic nitrogens is 4. The van der Waals surface area contributed by atoms with E-state index in [1.54, 1.807) is 4.90 Å². The van der Waals surface area contributed by atoms with Crippen molar-refractivity contribution >= 4 is 5.91 Å². The number of carbonyl (C=O) groups excluding carboxylic acids is 1. The average molecular weight is 366 g/mol. The molecule has 0 aliphatic carbocycles. The minimum Gasteiger partial charge on any atom is -0.379 e. The van der Waals surface area contributed by atoms with Crippen molar-refractivity contribution in [2.45, 2.75) is 51.3 Å². The largest absolute Gasteiger partial charge is 0.379 e. The number of hydrogen-bond donors (Lipinski definition) is 0. The third-order valence-corrected chi connectivity index (χ3v) is 5.01. The van der Waals surface area contributed by atoms with Crippen molar-refractivity contribution in [3.8, 4) is 0 Å². The Balaban J connectivity index is 1.38. The summed E-state index contributed by atoms with van der Waals surface area (Å²) in [5, 5.41) is 12.0. The third-order valence-electron chi connectivity index (χ3n) is 5.01. The van der Waals surface area contributed by atoms with Crippen LogP contribution in [0.5, 0.6) is 0 Å². The maximum Gasteiger partial charge on any atom is 0.222 e. The van der Waals surface area contributed by atoms with E-state index >= 15 is 0 Å². The Bertz CT molecular complexity index is 554. The predicted octanol–water partition coefficient (Wildman–Crippen LogP) is 0.313. The van der Waals surface area contributed by atoms with Crippen LogP contribution in [0.25, 0.3) is 0 Å². The zero-order chi connectivity index (χ0) is 18.2. The van der Waals surface area contributed by atoms with Gasteiger partial charge in [-0.15, -0.1) is 5.10 Å². The molecule has 9 heteroatoms.